The summed E-state index contributed by atoms with van der Waals surface area (Å²) in [6, 6.07) is 33.5. The molecule has 0 aromatic heterocycles. The van der Waals surface area contributed by atoms with E-state index < -0.39 is 11.8 Å². The SMILES string of the molecule is CC(C)(C)OC(=O)ON1CCC(c2ccc(COCCCOCc3ccccc3)cc2)C(OCc2ccc3ccccc3c2)C1. The molecule has 4 aromatic carbocycles. The minimum Gasteiger partial charge on any atom is -0.427 e. The van der Waals surface area contributed by atoms with Crippen LogP contribution >= 0.6 is 0 Å². The molecule has 1 fully saturated rings. The Morgan fingerprint density at radius 2 is 1.40 bits per heavy atom. The molecule has 1 aliphatic rings. The maximum Gasteiger partial charge on any atom is 0.528 e. The first-order valence-corrected chi connectivity index (χ1v) is 15.9. The zero-order chi connectivity index (χ0) is 31.5. The largest absolute Gasteiger partial charge is 0.528 e. The van der Waals surface area contributed by atoms with E-state index in [2.05, 4.69) is 66.7 Å². The lowest BCUT2D eigenvalue weighted by Crippen LogP contribution is -2.45. The second-order valence-electron chi connectivity index (χ2n) is 12.6. The summed E-state index contributed by atoms with van der Waals surface area (Å²) in [5.41, 5.74) is 4.00. The van der Waals surface area contributed by atoms with Crippen LogP contribution in [0.5, 0.6) is 0 Å². The highest BCUT2D eigenvalue weighted by Crippen LogP contribution is 2.32. The molecule has 238 valence electrons. The number of fused-ring (bicyclic) bond motifs is 1. The van der Waals surface area contributed by atoms with Crippen molar-refractivity contribution in [2.24, 2.45) is 0 Å². The maximum atomic E-state index is 12.4. The van der Waals surface area contributed by atoms with E-state index >= 15 is 0 Å². The molecule has 0 bridgehead atoms. The number of nitrogens with zero attached hydrogens (tertiary/aromatic N) is 1. The number of benzene rings is 4. The Balaban J connectivity index is 1.15. The molecule has 0 radical (unpaired) electrons. The van der Waals surface area contributed by atoms with Gasteiger partial charge in [0.1, 0.15) is 5.60 Å². The van der Waals surface area contributed by atoms with Crippen LogP contribution in [0.3, 0.4) is 0 Å². The summed E-state index contributed by atoms with van der Waals surface area (Å²) in [7, 11) is 0. The normalized spacial score (nSPS) is 17.3. The molecule has 1 heterocycles. The first-order valence-electron chi connectivity index (χ1n) is 15.9. The zero-order valence-electron chi connectivity index (χ0n) is 26.7. The van der Waals surface area contributed by atoms with Crippen LogP contribution in [0, 0.1) is 0 Å². The molecule has 7 nitrogen and oxygen atoms in total. The Bertz CT molecular complexity index is 1480. The van der Waals surface area contributed by atoms with Gasteiger partial charge in [-0.05, 0) is 72.7 Å². The predicted octanol–water partition coefficient (Wildman–Crippen LogP) is 8.20. The van der Waals surface area contributed by atoms with Gasteiger partial charge in [-0.15, -0.1) is 5.06 Å². The van der Waals surface area contributed by atoms with Gasteiger partial charge in [-0.25, -0.2) is 4.79 Å². The van der Waals surface area contributed by atoms with E-state index in [4.69, 9.17) is 23.8 Å². The lowest BCUT2D eigenvalue weighted by atomic mass is 9.87. The van der Waals surface area contributed by atoms with Crippen LogP contribution in [-0.2, 0) is 43.6 Å². The third-order valence-electron chi connectivity index (χ3n) is 7.76. The molecule has 0 spiro atoms. The van der Waals surface area contributed by atoms with E-state index in [1.807, 2.05) is 51.1 Å². The Labute approximate surface area is 267 Å². The monoisotopic (exact) mass is 611 g/mol. The number of hydrogen-bond donors (Lipinski definition) is 0. The van der Waals surface area contributed by atoms with Crippen LogP contribution in [0.25, 0.3) is 10.8 Å². The van der Waals surface area contributed by atoms with Crippen molar-refractivity contribution in [3.63, 3.8) is 0 Å². The van der Waals surface area contributed by atoms with E-state index in [9.17, 15) is 4.79 Å². The first-order chi connectivity index (χ1) is 21.8. The van der Waals surface area contributed by atoms with E-state index in [0.29, 0.717) is 46.1 Å². The van der Waals surface area contributed by atoms with Gasteiger partial charge in [0.25, 0.3) is 0 Å². The molecule has 4 aromatic rings. The van der Waals surface area contributed by atoms with Crippen molar-refractivity contribution in [1.82, 2.24) is 5.06 Å². The van der Waals surface area contributed by atoms with Gasteiger partial charge >= 0.3 is 6.16 Å². The second kappa shape index (κ2) is 16.0. The second-order valence-corrected chi connectivity index (χ2v) is 12.6. The summed E-state index contributed by atoms with van der Waals surface area (Å²) >= 11 is 0. The van der Waals surface area contributed by atoms with Gasteiger partial charge in [-0.3, -0.25) is 0 Å². The van der Waals surface area contributed by atoms with E-state index in [1.54, 1.807) is 5.06 Å². The molecular formula is C38H45NO6. The average molecular weight is 612 g/mol. The first kappa shape index (κ1) is 32.6. The Morgan fingerprint density at radius 1 is 0.756 bits per heavy atom. The van der Waals surface area contributed by atoms with Crippen LogP contribution in [0.1, 0.15) is 61.8 Å². The number of piperidine rings is 1. The van der Waals surface area contributed by atoms with Crippen molar-refractivity contribution >= 4 is 16.9 Å². The molecule has 45 heavy (non-hydrogen) atoms. The topological polar surface area (TPSA) is 66.5 Å². The quantitative estimate of drug-likeness (QED) is 0.112. The summed E-state index contributed by atoms with van der Waals surface area (Å²) in [5.74, 6) is 0.153. The molecule has 1 saturated heterocycles. The number of carbonyl (C=O) groups excluding carboxylic acids is 1. The maximum absolute atomic E-state index is 12.4. The van der Waals surface area contributed by atoms with Crippen molar-refractivity contribution in [3.05, 3.63) is 119 Å². The number of hydroxylamine groups is 2. The lowest BCUT2D eigenvalue weighted by Gasteiger charge is -2.37. The molecule has 0 N–H and O–H groups in total. The van der Waals surface area contributed by atoms with Crippen LogP contribution in [0.4, 0.5) is 4.79 Å². The van der Waals surface area contributed by atoms with Gasteiger partial charge in [-0.1, -0.05) is 91.0 Å². The fourth-order valence-corrected chi connectivity index (χ4v) is 5.51. The molecular weight excluding hydrogens is 566 g/mol. The molecule has 7 heteroatoms. The third-order valence-corrected chi connectivity index (χ3v) is 7.76. The van der Waals surface area contributed by atoms with E-state index in [0.717, 1.165) is 24.0 Å². The minimum atomic E-state index is -0.693. The van der Waals surface area contributed by atoms with Crippen molar-refractivity contribution in [2.75, 3.05) is 26.3 Å². The fourth-order valence-electron chi connectivity index (χ4n) is 5.51. The van der Waals surface area contributed by atoms with E-state index in [-0.39, 0.29) is 12.0 Å². The standard InChI is InChI=1S/C38H45NO6/c1-38(2,3)44-37(40)45-39-21-20-35(36(25-39)43-28-31-16-17-32-12-7-8-13-34(32)24-31)33-18-14-30(15-19-33)27-42-23-9-22-41-26-29-10-5-4-6-11-29/h4-8,10-19,24,35-36H,9,20-23,25-28H2,1-3H3. The fraction of sp³-hybridized carbons (Fsp3) is 0.395. The summed E-state index contributed by atoms with van der Waals surface area (Å²) < 4.78 is 23.6. The summed E-state index contributed by atoms with van der Waals surface area (Å²) in [5, 5.41) is 4.06. The highest BCUT2D eigenvalue weighted by molar-refractivity contribution is 5.82. The molecule has 0 aliphatic carbocycles. The van der Waals surface area contributed by atoms with Crippen molar-refractivity contribution in [3.8, 4) is 0 Å². The lowest BCUT2D eigenvalue weighted by molar-refractivity contribution is -0.179. The number of ether oxygens (including phenoxy) is 4. The molecule has 2 atom stereocenters. The zero-order valence-corrected chi connectivity index (χ0v) is 26.7. The molecule has 2 unspecified atom stereocenters. The van der Waals surface area contributed by atoms with Crippen LogP contribution in [0.2, 0.25) is 0 Å². The Morgan fingerprint density at radius 3 is 2.11 bits per heavy atom. The van der Waals surface area contributed by atoms with Crippen LogP contribution in [-0.4, -0.2) is 49.2 Å². The predicted molar refractivity (Wildman–Crippen MR) is 176 cm³/mol. The molecule has 0 saturated carbocycles. The number of carbonyl (C=O) groups is 1. The smallest absolute Gasteiger partial charge is 0.427 e. The van der Waals surface area contributed by atoms with Crippen LogP contribution < -0.4 is 0 Å². The van der Waals surface area contributed by atoms with Crippen LogP contribution in [0.15, 0.2) is 97.1 Å². The third kappa shape index (κ3) is 10.4. The van der Waals surface area contributed by atoms with Crippen molar-refractivity contribution < 1.29 is 28.6 Å². The van der Waals surface area contributed by atoms with Gasteiger partial charge < -0.3 is 23.8 Å². The summed E-state index contributed by atoms with van der Waals surface area (Å²) in [4.78, 5) is 18.0. The van der Waals surface area contributed by atoms with Gasteiger partial charge in [0.05, 0.1) is 32.5 Å². The number of rotatable bonds is 13. The van der Waals surface area contributed by atoms with Crippen molar-refractivity contribution in [2.45, 2.75) is 71.1 Å². The van der Waals surface area contributed by atoms with Gasteiger partial charge in [0.15, 0.2) is 0 Å². The highest BCUT2D eigenvalue weighted by Gasteiger charge is 2.34. The van der Waals surface area contributed by atoms with Crippen molar-refractivity contribution in [1.29, 1.82) is 0 Å². The summed E-state index contributed by atoms with van der Waals surface area (Å²) in [6.07, 6.45) is 0.765. The summed E-state index contributed by atoms with van der Waals surface area (Å²) in [6.45, 7) is 9.50. The van der Waals surface area contributed by atoms with Gasteiger partial charge in [0, 0.05) is 25.7 Å². The Hall–Kier alpha value is -3.75. The molecule has 1 aliphatic heterocycles. The molecule has 0 amide bonds. The molecule has 5 rings (SSSR count). The average Bonchev–Trinajstić information content (AvgIpc) is 3.03. The van der Waals surface area contributed by atoms with Gasteiger partial charge in [0.2, 0.25) is 0 Å². The van der Waals surface area contributed by atoms with Gasteiger partial charge in [-0.2, -0.15) is 0 Å². The highest BCUT2D eigenvalue weighted by atomic mass is 16.8. The number of hydrogen-bond acceptors (Lipinski definition) is 7. The minimum absolute atomic E-state index is 0.153. The Kier molecular flexibility index (Phi) is 11.6. The van der Waals surface area contributed by atoms with E-state index in [1.165, 1.54) is 21.9 Å².